The molecule has 86 valence electrons. The van der Waals surface area contributed by atoms with Crippen molar-refractivity contribution in [3.8, 4) is 6.07 Å². The van der Waals surface area contributed by atoms with Crippen LogP contribution < -0.4 is 5.32 Å². The Morgan fingerprint density at radius 2 is 2.24 bits per heavy atom. The molecule has 17 heavy (non-hydrogen) atoms. The van der Waals surface area contributed by atoms with Gasteiger partial charge in [-0.15, -0.1) is 11.3 Å². The maximum atomic E-state index is 8.71. The summed E-state index contributed by atoms with van der Waals surface area (Å²) < 4.78 is 0.660. The lowest BCUT2D eigenvalue weighted by Gasteiger charge is -2.06. The second-order valence-corrected chi connectivity index (χ2v) is 5.37. The number of halogens is 2. The maximum Gasteiger partial charge on any atom is 0.113 e. The van der Waals surface area contributed by atoms with Gasteiger partial charge in [0.05, 0.1) is 35.1 Å². The molecule has 0 aliphatic heterocycles. The first-order valence-electron chi connectivity index (χ1n) is 4.73. The number of nitrogens with zero attached hydrogens (tertiary/aromatic N) is 2. The molecule has 0 aliphatic rings. The van der Waals surface area contributed by atoms with Crippen LogP contribution in [0.3, 0.4) is 0 Å². The topological polar surface area (TPSA) is 48.7 Å². The summed E-state index contributed by atoms with van der Waals surface area (Å²) in [6, 6.07) is 7.14. The van der Waals surface area contributed by atoms with Gasteiger partial charge in [0.2, 0.25) is 0 Å². The monoisotopic (exact) mass is 283 g/mol. The largest absolute Gasteiger partial charge is 0.377 e. The molecule has 0 aliphatic carbocycles. The normalized spacial score (nSPS) is 9.94. The van der Waals surface area contributed by atoms with Crippen LogP contribution in [0.25, 0.3) is 0 Å². The van der Waals surface area contributed by atoms with Crippen molar-refractivity contribution >= 4 is 40.2 Å². The van der Waals surface area contributed by atoms with E-state index in [1.165, 1.54) is 11.3 Å². The molecule has 0 unspecified atom stereocenters. The molecule has 0 spiro atoms. The Bertz CT molecular complexity index is 574. The van der Waals surface area contributed by atoms with E-state index in [1.54, 1.807) is 24.4 Å². The van der Waals surface area contributed by atoms with Gasteiger partial charge in [0.15, 0.2) is 0 Å². The fourth-order valence-electron chi connectivity index (χ4n) is 1.27. The van der Waals surface area contributed by atoms with Gasteiger partial charge in [-0.25, -0.2) is 4.98 Å². The summed E-state index contributed by atoms with van der Waals surface area (Å²) in [7, 11) is 0. The van der Waals surface area contributed by atoms with E-state index in [0.717, 1.165) is 10.7 Å². The minimum Gasteiger partial charge on any atom is -0.377 e. The number of hydrogen-bond acceptors (Lipinski definition) is 4. The van der Waals surface area contributed by atoms with E-state index in [4.69, 9.17) is 28.5 Å². The molecule has 0 saturated heterocycles. The fraction of sp³-hybridized carbons (Fsp3) is 0.0909. The standard InChI is InChI=1S/C11H7Cl2N3S/c12-8-3-7(4-14)1-2-9(8)15-6-11-16-5-10(13)17-11/h1-3,5,15H,6H2. The van der Waals surface area contributed by atoms with Gasteiger partial charge in [0.25, 0.3) is 0 Å². The molecule has 1 N–H and O–H groups in total. The number of benzene rings is 1. The lowest BCUT2D eigenvalue weighted by Crippen LogP contribution is -1.99. The number of nitrogens with one attached hydrogen (secondary N) is 1. The zero-order chi connectivity index (χ0) is 12.3. The van der Waals surface area contributed by atoms with Crippen LogP contribution in [0.5, 0.6) is 0 Å². The smallest absolute Gasteiger partial charge is 0.113 e. The van der Waals surface area contributed by atoms with Crippen molar-refractivity contribution in [2.75, 3.05) is 5.32 Å². The molecule has 0 saturated carbocycles. The molecule has 0 radical (unpaired) electrons. The molecule has 1 heterocycles. The summed E-state index contributed by atoms with van der Waals surface area (Å²) >= 11 is 13.2. The molecule has 0 bridgehead atoms. The second kappa shape index (κ2) is 5.37. The van der Waals surface area contributed by atoms with E-state index >= 15 is 0 Å². The predicted octanol–water partition coefficient (Wildman–Crippen LogP) is 3.93. The van der Waals surface area contributed by atoms with Crippen molar-refractivity contribution in [1.82, 2.24) is 4.98 Å². The Morgan fingerprint density at radius 1 is 1.41 bits per heavy atom. The Labute approximate surface area is 113 Å². The van der Waals surface area contributed by atoms with E-state index in [9.17, 15) is 0 Å². The van der Waals surface area contributed by atoms with E-state index in [-0.39, 0.29) is 0 Å². The first kappa shape index (κ1) is 12.2. The SMILES string of the molecule is N#Cc1ccc(NCc2ncc(Cl)s2)c(Cl)c1. The molecule has 3 nitrogen and oxygen atoms in total. The van der Waals surface area contributed by atoms with Crippen molar-refractivity contribution in [2.45, 2.75) is 6.54 Å². The highest BCUT2D eigenvalue weighted by molar-refractivity contribution is 7.15. The summed E-state index contributed by atoms with van der Waals surface area (Å²) in [5.41, 5.74) is 1.31. The summed E-state index contributed by atoms with van der Waals surface area (Å²) in [6.45, 7) is 0.559. The average molecular weight is 284 g/mol. The van der Waals surface area contributed by atoms with Gasteiger partial charge in [-0.2, -0.15) is 5.26 Å². The molecule has 6 heteroatoms. The van der Waals surface area contributed by atoms with Gasteiger partial charge in [-0.3, -0.25) is 0 Å². The van der Waals surface area contributed by atoms with Crippen LogP contribution >= 0.6 is 34.5 Å². The van der Waals surface area contributed by atoms with Crippen molar-refractivity contribution in [1.29, 1.82) is 5.26 Å². The van der Waals surface area contributed by atoms with Crippen molar-refractivity contribution in [3.63, 3.8) is 0 Å². The molecule has 1 aromatic heterocycles. The Morgan fingerprint density at radius 3 is 2.82 bits per heavy atom. The highest BCUT2D eigenvalue weighted by Gasteiger charge is 2.03. The first-order valence-corrected chi connectivity index (χ1v) is 6.30. The third-order valence-corrected chi connectivity index (χ3v) is 3.48. The zero-order valence-electron chi connectivity index (χ0n) is 8.58. The van der Waals surface area contributed by atoms with Crippen molar-refractivity contribution in [2.24, 2.45) is 0 Å². The van der Waals surface area contributed by atoms with Crippen molar-refractivity contribution in [3.05, 3.63) is 44.3 Å². The van der Waals surface area contributed by atoms with E-state index in [1.807, 2.05) is 6.07 Å². The van der Waals surface area contributed by atoms with Crippen LogP contribution in [0.2, 0.25) is 9.36 Å². The van der Waals surface area contributed by atoms with Gasteiger partial charge in [0, 0.05) is 0 Å². The minimum absolute atomic E-state index is 0.520. The Hall–Kier alpha value is -1.28. The second-order valence-electron chi connectivity index (χ2n) is 3.22. The highest BCUT2D eigenvalue weighted by Crippen LogP contribution is 2.24. The minimum atomic E-state index is 0.520. The lowest BCUT2D eigenvalue weighted by atomic mass is 10.2. The number of anilines is 1. The summed E-state index contributed by atoms with van der Waals surface area (Å²) in [5, 5.41) is 13.3. The molecule has 0 amide bonds. The number of hydrogen-bond donors (Lipinski definition) is 1. The Kier molecular flexibility index (Phi) is 3.85. The summed E-state index contributed by atoms with van der Waals surface area (Å²) in [6.07, 6.45) is 1.61. The number of rotatable bonds is 3. The zero-order valence-corrected chi connectivity index (χ0v) is 10.9. The average Bonchev–Trinajstić information content (AvgIpc) is 2.73. The van der Waals surface area contributed by atoms with Crippen molar-refractivity contribution < 1.29 is 0 Å². The summed E-state index contributed by atoms with van der Waals surface area (Å²) in [4.78, 5) is 4.12. The maximum absolute atomic E-state index is 8.71. The highest BCUT2D eigenvalue weighted by atomic mass is 35.5. The number of aromatic nitrogens is 1. The molecule has 1 aromatic carbocycles. The van der Waals surface area contributed by atoms with Crippen LogP contribution in [0.15, 0.2) is 24.4 Å². The lowest BCUT2D eigenvalue weighted by molar-refractivity contribution is 1.10. The van der Waals surface area contributed by atoms with Crippen LogP contribution in [-0.2, 0) is 6.54 Å². The molecular formula is C11H7Cl2N3S. The third kappa shape index (κ3) is 3.10. The number of nitriles is 1. The van der Waals surface area contributed by atoms with Gasteiger partial charge in [-0.05, 0) is 18.2 Å². The molecular weight excluding hydrogens is 277 g/mol. The van der Waals surface area contributed by atoms with Crippen LogP contribution in [0, 0.1) is 11.3 Å². The third-order valence-electron chi connectivity index (χ3n) is 2.05. The van der Waals surface area contributed by atoms with Gasteiger partial charge < -0.3 is 5.32 Å². The van der Waals surface area contributed by atoms with Gasteiger partial charge in [-0.1, -0.05) is 23.2 Å². The molecule has 0 fully saturated rings. The molecule has 0 atom stereocenters. The van der Waals surface area contributed by atoms with E-state index < -0.39 is 0 Å². The van der Waals surface area contributed by atoms with E-state index in [2.05, 4.69) is 10.3 Å². The fourth-order valence-corrected chi connectivity index (χ4v) is 2.41. The van der Waals surface area contributed by atoms with Gasteiger partial charge >= 0.3 is 0 Å². The van der Waals surface area contributed by atoms with Gasteiger partial charge in [0.1, 0.15) is 9.34 Å². The summed E-state index contributed by atoms with van der Waals surface area (Å²) in [5.74, 6) is 0. The first-order chi connectivity index (χ1) is 8.19. The van der Waals surface area contributed by atoms with E-state index in [0.29, 0.717) is 21.5 Å². The Balaban J connectivity index is 2.07. The quantitative estimate of drug-likeness (QED) is 0.928. The van der Waals surface area contributed by atoms with Crippen LogP contribution in [-0.4, -0.2) is 4.98 Å². The van der Waals surface area contributed by atoms with Crippen LogP contribution in [0.4, 0.5) is 5.69 Å². The number of thiazole rings is 1. The predicted molar refractivity (Wildman–Crippen MR) is 70.6 cm³/mol. The van der Waals surface area contributed by atoms with Crippen LogP contribution in [0.1, 0.15) is 10.6 Å². The molecule has 2 rings (SSSR count). The molecule has 2 aromatic rings.